The fourth-order valence-corrected chi connectivity index (χ4v) is 3.38. The zero-order chi connectivity index (χ0) is 18.7. The zero-order valence-electron chi connectivity index (χ0n) is 15.1. The Bertz CT molecular complexity index is 744. The first-order chi connectivity index (χ1) is 12.5. The van der Waals surface area contributed by atoms with Gasteiger partial charge >= 0.3 is 5.97 Å². The van der Waals surface area contributed by atoms with Crippen LogP contribution in [0.1, 0.15) is 49.1 Å². The number of carbonyl (C=O) groups is 1. The lowest BCUT2D eigenvalue weighted by molar-refractivity contribution is -0.138. The fourth-order valence-electron chi connectivity index (χ4n) is 3.22. The van der Waals surface area contributed by atoms with Gasteiger partial charge in [0.25, 0.3) is 0 Å². The smallest absolute Gasteiger partial charge is 0.314 e. The van der Waals surface area contributed by atoms with Crippen molar-refractivity contribution >= 4 is 17.6 Å². The lowest BCUT2D eigenvalue weighted by Crippen LogP contribution is -2.19. The summed E-state index contributed by atoms with van der Waals surface area (Å²) < 4.78 is 11.7. The molecule has 1 aliphatic carbocycles. The van der Waals surface area contributed by atoms with Crippen LogP contribution in [0.5, 0.6) is 5.75 Å². The number of alkyl halides is 1. The Kier molecular flexibility index (Phi) is 6.12. The molecule has 0 saturated heterocycles. The minimum atomic E-state index is -0.304. The van der Waals surface area contributed by atoms with Gasteiger partial charge in [0.05, 0.1) is 23.6 Å². The first-order valence-electron chi connectivity index (χ1n) is 8.96. The van der Waals surface area contributed by atoms with Gasteiger partial charge in [-0.25, -0.2) is 0 Å². The summed E-state index contributed by atoms with van der Waals surface area (Å²) in [4.78, 5) is 16.8. The standard InChI is InChI=1S/C20H24ClNO4/c1-12(4-3-9-23)20(24)26-18-13(2)22-10-16-17(18)11-25-19(16)14-5-7-15(21)8-6-14/h5-7,10,12,15,19,23H,3-4,8-9,11H2,1-2H3. The van der Waals surface area contributed by atoms with E-state index in [1.165, 1.54) is 0 Å². The average Bonchev–Trinajstić information content (AvgIpc) is 3.06. The van der Waals surface area contributed by atoms with E-state index in [-0.39, 0.29) is 30.0 Å². The van der Waals surface area contributed by atoms with Gasteiger partial charge in [-0.3, -0.25) is 9.78 Å². The summed E-state index contributed by atoms with van der Waals surface area (Å²) in [5, 5.41) is 8.95. The number of halogens is 1. The molecule has 0 amide bonds. The van der Waals surface area contributed by atoms with Crippen LogP contribution in [-0.2, 0) is 16.1 Å². The predicted octanol–water partition coefficient (Wildman–Crippen LogP) is 3.77. The van der Waals surface area contributed by atoms with Crippen molar-refractivity contribution in [3.05, 3.63) is 46.8 Å². The van der Waals surface area contributed by atoms with Crippen LogP contribution in [0.15, 0.2) is 30.0 Å². The number of nitrogens with zero attached hydrogens (tertiary/aromatic N) is 1. The second kappa shape index (κ2) is 8.33. The van der Waals surface area contributed by atoms with Gasteiger partial charge in [-0.2, -0.15) is 0 Å². The second-order valence-corrected chi connectivity index (χ2v) is 7.36. The molecule has 0 spiro atoms. The number of hydrogen-bond donors (Lipinski definition) is 1. The third-order valence-electron chi connectivity index (χ3n) is 4.80. The summed E-state index contributed by atoms with van der Waals surface area (Å²) >= 11 is 6.10. The largest absolute Gasteiger partial charge is 0.424 e. The number of esters is 1. The van der Waals surface area contributed by atoms with Gasteiger partial charge in [-0.15, -0.1) is 11.6 Å². The Hall–Kier alpha value is -1.69. The molecule has 26 heavy (non-hydrogen) atoms. The van der Waals surface area contributed by atoms with Crippen molar-refractivity contribution in [3.63, 3.8) is 0 Å². The number of rotatable bonds is 6. The molecule has 0 fully saturated rings. The summed E-state index contributed by atoms with van der Waals surface area (Å²) in [6, 6.07) is 0. The summed E-state index contributed by atoms with van der Waals surface area (Å²) in [5.41, 5.74) is 3.54. The summed E-state index contributed by atoms with van der Waals surface area (Å²) in [6.07, 6.45) is 9.57. The van der Waals surface area contributed by atoms with Gasteiger partial charge in [0.15, 0.2) is 5.75 Å². The number of pyridine rings is 1. The summed E-state index contributed by atoms with van der Waals surface area (Å²) in [6.45, 7) is 4.09. The third-order valence-corrected chi connectivity index (χ3v) is 5.13. The first-order valence-corrected chi connectivity index (χ1v) is 9.39. The molecule has 1 aromatic heterocycles. The maximum Gasteiger partial charge on any atom is 0.314 e. The van der Waals surface area contributed by atoms with Crippen LogP contribution in [-0.4, -0.2) is 28.0 Å². The molecule has 3 unspecified atom stereocenters. The maximum atomic E-state index is 12.4. The molecule has 140 valence electrons. The van der Waals surface area contributed by atoms with Crippen molar-refractivity contribution in [2.75, 3.05) is 6.61 Å². The molecule has 2 heterocycles. The highest BCUT2D eigenvalue weighted by Crippen LogP contribution is 2.42. The molecule has 3 rings (SSSR count). The van der Waals surface area contributed by atoms with Crippen molar-refractivity contribution in [1.82, 2.24) is 4.98 Å². The van der Waals surface area contributed by atoms with Crippen LogP contribution in [0.25, 0.3) is 0 Å². The quantitative estimate of drug-likeness (QED) is 0.603. The lowest BCUT2D eigenvalue weighted by atomic mass is 9.96. The normalized spacial score (nSPS) is 22.7. The van der Waals surface area contributed by atoms with E-state index in [9.17, 15) is 4.79 Å². The van der Waals surface area contributed by atoms with Gasteiger partial charge in [-0.1, -0.05) is 25.2 Å². The van der Waals surface area contributed by atoms with Crippen LogP contribution in [0.4, 0.5) is 0 Å². The predicted molar refractivity (Wildman–Crippen MR) is 99.1 cm³/mol. The van der Waals surface area contributed by atoms with Gasteiger partial charge < -0.3 is 14.6 Å². The first kappa shape index (κ1) is 19.1. The van der Waals surface area contributed by atoms with Crippen LogP contribution < -0.4 is 4.74 Å². The summed E-state index contributed by atoms with van der Waals surface area (Å²) in [5.74, 6) is -0.0800. The molecule has 1 aromatic rings. The van der Waals surface area contributed by atoms with E-state index in [1.807, 2.05) is 26.0 Å². The Balaban J connectivity index is 1.81. The summed E-state index contributed by atoms with van der Waals surface area (Å²) in [7, 11) is 0. The van der Waals surface area contributed by atoms with Crippen molar-refractivity contribution in [2.24, 2.45) is 5.92 Å². The highest BCUT2D eigenvalue weighted by Gasteiger charge is 2.31. The molecular formula is C20H24ClNO4. The molecule has 2 aliphatic rings. The monoisotopic (exact) mass is 377 g/mol. The Morgan fingerprint density at radius 1 is 1.54 bits per heavy atom. The Morgan fingerprint density at radius 2 is 2.35 bits per heavy atom. The number of aryl methyl sites for hydroxylation is 1. The molecule has 0 aromatic carbocycles. The second-order valence-electron chi connectivity index (χ2n) is 6.80. The van der Waals surface area contributed by atoms with Crippen molar-refractivity contribution < 1.29 is 19.4 Å². The van der Waals surface area contributed by atoms with Crippen molar-refractivity contribution in [2.45, 2.75) is 51.2 Å². The van der Waals surface area contributed by atoms with Crippen LogP contribution in [0.2, 0.25) is 0 Å². The van der Waals surface area contributed by atoms with E-state index >= 15 is 0 Å². The molecule has 0 saturated carbocycles. The van der Waals surface area contributed by atoms with Gasteiger partial charge in [0.1, 0.15) is 6.10 Å². The number of ether oxygens (including phenoxy) is 2. The van der Waals surface area contributed by atoms with E-state index in [0.717, 1.165) is 23.1 Å². The molecule has 1 aliphatic heterocycles. The van der Waals surface area contributed by atoms with Crippen LogP contribution in [0, 0.1) is 12.8 Å². The van der Waals surface area contributed by atoms with Crippen molar-refractivity contribution in [1.29, 1.82) is 0 Å². The average molecular weight is 378 g/mol. The molecule has 1 N–H and O–H groups in total. The molecule has 5 nitrogen and oxygen atoms in total. The molecule has 3 atom stereocenters. The SMILES string of the molecule is Cc1ncc2c(c1OC(=O)C(C)CCCO)COC2C1=CCC(Cl)C=C1. The number of fused-ring (bicyclic) bond motifs is 1. The highest BCUT2D eigenvalue weighted by atomic mass is 35.5. The van der Waals surface area contributed by atoms with Crippen molar-refractivity contribution in [3.8, 4) is 5.75 Å². The third kappa shape index (κ3) is 4.00. The van der Waals surface area contributed by atoms with Gasteiger partial charge in [-0.05, 0) is 31.8 Å². The number of aromatic nitrogens is 1. The number of aliphatic hydroxyl groups excluding tert-OH is 1. The lowest BCUT2D eigenvalue weighted by Gasteiger charge is -2.17. The van der Waals surface area contributed by atoms with E-state index < -0.39 is 0 Å². The number of allylic oxidation sites excluding steroid dienone is 2. The fraction of sp³-hybridized carbons (Fsp3) is 0.500. The molecular weight excluding hydrogens is 354 g/mol. The highest BCUT2D eigenvalue weighted by molar-refractivity contribution is 6.22. The van der Waals surface area contributed by atoms with E-state index in [0.29, 0.717) is 30.9 Å². The van der Waals surface area contributed by atoms with Gasteiger partial charge in [0.2, 0.25) is 0 Å². The Labute approximate surface area is 158 Å². The minimum absolute atomic E-state index is 0.0210. The Morgan fingerprint density at radius 3 is 3.04 bits per heavy atom. The zero-order valence-corrected chi connectivity index (χ0v) is 15.8. The molecule has 0 radical (unpaired) electrons. The van der Waals surface area contributed by atoms with Gasteiger partial charge in [0, 0.05) is 23.9 Å². The topological polar surface area (TPSA) is 68.7 Å². The van der Waals surface area contributed by atoms with Crippen LogP contribution >= 0.6 is 11.6 Å². The number of aliphatic hydroxyl groups is 1. The van der Waals surface area contributed by atoms with E-state index in [1.54, 1.807) is 6.20 Å². The minimum Gasteiger partial charge on any atom is -0.424 e. The number of hydrogen-bond acceptors (Lipinski definition) is 5. The van der Waals surface area contributed by atoms with Crippen LogP contribution in [0.3, 0.4) is 0 Å². The number of carbonyl (C=O) groups excluding carboxylic acids is 1. The van der Waals surface area contributed by atoms with E-state index in [2.05, 4.69) is 11.1 Å². The van der Waals surface area contributed by atoms with E-state index in [4.69, 9.17) is 26.2 Å². The molecule has 0 bridgehead atoms. The molecule has 6 heteroatoms. The maximum absolute atomic E-state index is 12.4.